The fourth-order valence-electron chi connectivity index (χ4n) is 2.03. The van der Waals surface area contributed by atoms with Crippen LogP contribution in [0.3, 0.4) is 0 Å². The van der Waals surface area contributed by atoms with Crippen LogP contribution in [0.2, 0.25) is 0 Å². The van der Waals surface area contributed by atoms with Crippen molar-refractivity contribution in [1.29, 1.82) is 0 Å². The molecule has 0 aliphatic rings. The third-order valence-corrected chi connectivity index (χ3v) is 4.15. The Balaban J connectivity index is 1.56. The number of phenolic OH excluding ortho intramolecular Hbond substituents is 2. The maximum atomic E-state index is 12.5. The zero-order valence-electron chi connectivity index (χ0n) is 13.8. The number of hydrogen-bond acceptors (Lipinski definition) is 8. The van der Waals surface area contributed by atoms with Crippen molar-refractivity contribution in [2.45, 2.75) is 11.4 Å². The first-order chi connectivity index (χ1) is 13.2. The summed E-state index contributed by atoms with van der Waals surface area (Å²) in [7, 11) is 0. The Hall–Kier alpha value is -3.21. The summed E-state index contributed by atoms with van der Waals surface area (Å²) in [5.74, 6) is -1.55. The van der Waals surface area contributed by atoms with Crippen LogP contribution in [0.25, 0.3) is 11.5 Å². The van der Waals surface area contributed by atoms with E-state index in [1.54, 1.807) is 0 Å². The standard InChI is InChI=1S/C17H11F3N2O5S/c18-17(19,20)10-2-4-11(5-3-10)26-14(25)8-28-16-22-21-15(27-16)9-1-6-12(23)13(24)7-9/h1-7,23-24H,8H2. The van der Waals surface area contributed by atoms with E-state index in [0.29, 0.717) is 5.56 Å². The molecule has 0 saturated carbocycles. The van der Waals surface area contributed by atoms with E-state index in [4.69, 9.17) is 9.15 Å². The highest BCUT2D eigenvalue weighted by Crippen LogP contribution is 2.32. The zero-order valence-corrected chi connectivity index (χ0v) is 14.6. The molecule has 0 aliphatic carbocycles. The van der Waals surface area contributed by atoms with Crippen LogP contribution in [0.15, 0.2) is 52.1 Å². The summed E-state index contributed by atoms with van der Waals surface area (Å²) in [6.07, 6.45) is -4.47. The van der Waals surface area contributed by atoms with E-state index in [0.717, 1.165) is 36.0 Å². The molecule has 1 aromatic heterocycles. The van der Waals surface area contributed by atoms with E-state index in [2.05, 4.69) is 10.2 Å². The number of aromatic hydroxyl groups is 2. The van der Waals surface area contributed by atoms with Crippen molar-refractivity contribution < 1.29 is 37.3 Å². The number of halogens is 3. The normalized spacial score (nSPS) is 11.4. The average Bonchev–Trinajstić information content (AvgIpc) is 3.11. The third kappa shape index (κ3) is 4.74. The first-order valence-corrected chi connectivity index (χ1v) is 8.57. The molecule has 7 nitrogen and oxygen atoms in total. The maximum absolute atomic E-state index is 12.5. The summed E-state index contributed by atoms with van der Waals surface area (Å²) in [6, 6.07) is 7.66. The lowest BCUT2D eigenvalue weighted by molar-refractivity contribution is -0.137. The molecule has 0 saturated heterocycles. The lowest BCUT2D eigenvalue weighted by Crippen LogP contribution is -2.11. The second kappa shape index (κ2) is 7.80. The summed E-state index contributed by atoms with van der Waals surface area (Å²) in [4.78, 5) is 11.8. The first-order valence-electron chi connectivity index (χ1n) is 7.59. The Morgan fingerprint density at radius 2 is 1.79 bits per heavy atom. The number of phenols is 2. The second-order valence-corrected chi connectivity index (χ2v) is 6.29. The number of rotatable bonds is 5. The number of alkyl halides is 3. The van der Waals surface area contributed by atoms with Crippen LogP contribution in [-0.2, 0) is 11.0 Å². The minimum Gasteiger partial charge on any atom is -0.504 e. The molecule has 0 atom stereocenters. The number of aromatic nitrogens is 2. The molecule has 0 fully saturated rings. The Morgan fingerprint density at radius 3 is 2.43 bits per heavy atom. The number of carbonyl (C=O) groups excluding carboxylic acids is 1. The number of esters is 1. The largest absolute Gasteiger partial charge is 0.504 e. The van der Waals surface area contributed by atoms with Crippen molar-refractivity contribution in [2.24, 2.45) is 0 Å². The smallest absolute Gasteiger partial charge is 0.416 e. The number of nitrogens with zero attached hydrogens (tertiary/aromatic N) is 2. The van der Waals surface area contributed by atoms with Crippen molar-refractivity contribution in [1.82, 2.24) is 10.2 Å². The van der Waals surface area contributed by atoms with Gasteiger partial charge in [0.2, 0.25) is 5.89 Å². The molecule has 0 spiro atoms. The highest BCUT2D eigenvalue weighted by Gasteiger charge is 2.30. The van der Waals surface area contributed by atoms with Crippen LogP contribution in [0.1, 0.15) is 5.56 Å². The van der Waals surface area contributed by atoms with Gasteiger partial charge in [-0.25, -0.2) is 0 Å². The number of hydrogen-bond donors (Lipinski definition) is 2. The monoisotopic (exact) mass is 412 g/mol. The molecule has 146 valence electrons. The van der Waals surface area contributed by atoms with Crippen LogP contribution in [-0.4, -0.2) is 32.1 Å². The molecule has 3 rings (SSSR count). The van der Waals surface area contributed by atoms with Gasteiger partial charge in [0.15, 0.2) is 11.5 Å². The van der Waals surface area contributed by atoms with Gasteiger partial charge < -0.3 is 19.4 Å². The second-order valence-electron chi connectivity index (χ2n) is 5.36. The zero-order chi connectivity index (χ0) is 20.3. The van der Waals surface area contributed by atoms with E-state index in [1.807, 2.05) is 0 Å². The van der Waals surface area contributed by atoms with E-state index >= 15 is 0 Å². The van der Waals surface area contributed by atoms with Crippen LogP contribution < -0.4 is 4.74 Å². The molecular formula is C17H11F3N2O5S. The highest BCUT2D eigenvalue weighted by molar-refractivity contribution is 7.99. The van der Waals surface area contributed by atoms with Gasteiger partial charge in [0.1, 0.15) is 11.5 Å². The number of carbonyl (C=O) groups is 1. The fraction of sp³-hybridized carbons (Fsp3) is 0.118. The van der Waals surface area contributed by atoms with Crippen molar-refractivity contribution in [3.05, 3.63) is 48.0 Å². The lowest BCUT2D eigenvalue weighted by atomic mass is 10.2. The van der Waals surface area contributed by atoms with E-state index < -0.39 is 17.7 Å². The van der Waals surface area contributed by atoms with E-state index in [1.165, 1.54) is 18.2 Å². The van der Waals surface area contributed by atoms with Gasteiger partial charge in [-0.15, -0.1) is 10.2 Å². The van der Waals surface area contributed by atoms with Crippen molar-refractivity contribution in [3.63, 3.8) is 0 Å². The molecule has 0 amide bonds. The number of thioether (sulfide) groups is 1. The molecule has 1 heterocycles. The molecule has 0 radical (unpaired) electrons. The van der Waals surface area contributed by atoms with Crippen LogP contribution >= 0.6 is 11.8 Å². The van der Waals surface area contributed by atoms with Gasteiger partial charge >= 0.3 is 12.1 Å². The first kappa shape index (κ1) is 19.5. The molecule has 0 aliphatic heterocycles. The van der Waals surface area contributed by atoms with E-state index in [9.17, 15) is 28.2 Å². The molecule has 2 aromatic carbocycles. The molecule has 0 unspecified atom stereocenters. The molecule has 28 heavy (non-hydrogen) atoms. The van der Waals surface area contributed by atoms with Gasteiger partial charge in [-0.2, -0.15) is 13.2 Å². The van der Waals surface area contributed by atoms with Gasteiger partial charge in [0.05, 0.1) is 5.56 Å². The minimum absolute atomic E-state index is 0.0237. The van der Waals surface area contributed by atoms with Crippen molar-refractivity contribution in [2.75, 3.05) is 5.75 Å². The molecule has 11 heteroatoms. The quantitative estimate of drug-likeness (QED) is 0.282. The Kier molecular flexibility index (Phi) is 5.45. The number of benzene rings is 2. The summed E-state index contributed by atoms with van der Waals surface area (Å²) in [5.41, 5.74) is -0.484. The van der Waals surface area contributed by atoms with Gasteiger partial charge in [0.25, 0.3) is 5.22 Å². The van der Waals surface area contributed by atoms with Gasteiger partial charge in [0, 0.05) is 5.56 Å². The minimum atomic E-state index is -4.47. The van der Waals surface area contributed by atoms with Crippen LogP contribution in [0.4, 0.5) is 13.2 Å². The Morgan fingerprint density at radius 1 is 1.07 bits per heavy atom. The summed E-state index contributed by atoms with van der Waals surface area (Å²) >= 11 is 0.871. The number of ether oxygens (including phenoxy) is 1. The third-order valence-electron chi connectivity index (χ3n) is 3.36. The highest BCUT2D eigenvalue weighted by atomic mass is 32.2. The van der Waals surface area contributed by atoms with Gasteiger partial charge in [-0.1, -0.05) is 11.8 Å². The maximum Gasteiger partial charge on any atom is 0.416 e. The summed E-state index contributed by atoms with van der Waals surface area (Å²) < 4.78 is 47.8. The molecule has 0 bridgehead atoms. The topological polar surface area (TPSA) is 106 Å². The van der Waals surface area contributed by atoms with Crippen LogP contribution in [0.5, 0.6) is 17.2 Å². The Bertz CT molecular complexity index is 989. The lowest BCUT2D eigenvalue weighted by Gasteiger charge is -2.07. The van der Waals surface area contributed by atoms with Crippen LogP contribution in [0, 0.1) is 0 Å². The molecule has 2 N–H and O–H groups in total. The predicted molar refractivity (Wildman–Crippen MR) is 90.9 cm³/mol. The average molecular weight is 412 g/mol. The summed E-state index contributed by atoms with van der Waals surface area (Å²) in [6.45, 7) is 0. The van der Waals surface area contributed by atoms with Crippen molar-refractivity contribution >= 4 is 17.7 Å². The molecule has 3 aromatic rings. The van der Waals surface area contributed by atoms with Gasteiger partial charge in [-0.3, -0.25) is 4.79 Å². The SMILES string of the molecule is O=C(CSc1nnc(-c2ccc(O)c(O)c2)o1)Oc1ccc(C(F)(F)F)cc1. The van der Waals surface area contributed by atoms with E-state index in [-0.39, 0.29) is 34.1 Å². The molecular weight excluding hydrogens is 401 g/mol. The van der Waals surface area contributed by atoms with Crippen molar-refractivity contribution in [3.8, 4) is 28.7 Å². The predicted octanol–water partition coefficient (Wildman–Crippen LogP) is 3.86. The fourth-order valence-corrected chi connectivity index (χ4v) is 2.57. The Labute approximate surface area is 159 Å². The summed E-state index contributed by atoms with van der Waals surface area (Å²) in [5, 5.41) is 26.3. The van der Waals surface area contributed by atoms with Gasteiger partial charge in [-0.05, 0) is 42.5 Å².